The van der Waals surface area contributed by atoms with Gasteiger partial charge in [0.2, 0.25) is 0 Å². The van der Waals surface area contributed by atoms with Crippen molar-refractivity contribution in [2.24, 2.45) is 0 Å². The van der Waals surface area contributed by atoms with E-state index in [9.17, 15) is 9.90 Å². The highest BCUT2D eigenvalue weighted by Crippen LogP contribution is 2.33. The van der Waals surface area contributed by atoms with Crippen LogP contribution in [0.15, 0.2) is 12.1 Å². The number of methoxy groups -OCH3 is 2. The minimum atomic E-state index is -0.337. The fraction of sp³-hybridized carbons (Fsp3) is 0.588. The molecule has 0 saturated carbocycles. The fourth-order valence-electron chi connectivity index (χ4n) is 2.56. The fourth-order valence-corrected chi connectivity index (χ4v) is 2.56. The van der Waals surface area contributed by atoms with Gasteiger partial charge in [0.1, 0.15) is 5.75 Å². The SMILES string of the molecule is COc1cc(O)c(C(=O)NCCN(C(C)C)C(C)C)cc1OC.Cl. The van der Waals surface area contributed by atoms with Gasteiger partial charge in [0.15, 0.2) is 11.5 Å². The second kappa shape index (κ2) is 10.3. The standard InChI is InChI=1S/C17H28N2O4.ClH/c1-11(2)19(12(3)4)8-7-18-17(21)13-9-15(22-5)16(23-6)10-14(13)20;/h9-12,20H,7-8H2,1-6H3,(H,18,21);1H. The number of aromatic hydroxyl groups is 1. The number of halogens is 1. The summed E-state index contributed by atoms with van der Waals surface area (Å²) in [4.78, 5) is 14.6. The number of phenolic OH excluding ortho intramolecular Hbond substituents is 1. The molecule has 1 amide bonds. The second-order valence-electron chi connectivity index (χ2n) is 5.91. The second-order valence-corrected chi connectivity index (χ2v) is 5.91. The highest BCUT2D eigenvalue weighted by atomic mass is 35.5. The lowest BCUT2D eigenvalue weighted by molar-refractivity contribution is 0.0936. The summed E-state index contributed by atoms with van der Waals surface area (Å²) >= 11 is 0. The molecule has 7 heteroatoms. The molecule has 24 heavy (non-hydrogen) atoms. The predicted octanol–water partition coefficient (Wildman–Crippen LogP) is 2.68. The van der Waals surface area contributed by atoms with E-state index in [4.69, 9.17) is 9.47 Å². The van der Waals surface area contributed by atoms with Gasteiger partial charge in [-0.25, -0.2) is 0 Å². The smallest absolute Gasteiger partial charge is 0.255 e. The van der Waals surface area contributed by atoms with Gasteiger partial charge in [-0.1, -0.05) is 0 Å². The Morgan fingerprint density at radius 3 is 2.08 bits per heavy atom. The first-order valence-electron chi connectivity index (χ1n) is 7.80. The van der Waals surface area contributed by atoms with Crippen molar-refractivity contribution in [3.05, 3.63) is 17.7 Å². The minimum Gasteiger partial charge on any atom is -0.507 e. The van der Waals surface area contributed by atoms with Gasteiger partial charge >= 0.3 is 0 Å². The van der Waals surface area contributed by atoms with Gasteiger partial charge in [-0.05, 0) is 27.7 Å². The molecule has 0 aliphatic carbocycles. The molecule has 0 aromatic heterocycles. The molecule has 1 rings (SSSR count). The number of benzene rings is 1. The lowest BCUT2D eigenvalue weighted by Gasteiger charge is -2.30. The van der Waals surface area contributed by atoms with Crippen molar-refractivity contribution in [1.29, 1.82) is 0 Å². The lowest BCUT2D eigenvalue weighted by atomic mass is 10.1. The van der Waals surface area contributed by atoms with E-state index in [-0.39, 0.29) is 29.6 Å². The zero-order valence-electron chi connectivity index (χ0n) is 15.3. The summed E-state index contributed by atoms with van der Waals surface area (Å²) in [6, 6.07) is 3.66. The van der Waals surface area contributed by atoms with Crippen molar-refractivity contribution in [2.45, 2.75) is 39.8 Å². The molecule has 2 N–H and O–H groups in total. The molecule has 6 nitrogen and oxygen atoms in total. The van der Waals surface area contributed by atoms with E-state index >= 15 is 0 Å². The Kier molecular flexibility index (Phi) is 9.55. The number of carbonyl (C=O) groups excluding carboxylic acids is 1. The first kappa shape index (κ1) is 22.3. The summed E-state index contributed by atoms with van der Waals surface area (Å²) in [7, 11) is 2.96. The number of carbonyl (C=O) groups is 1. The van der Waals surface area contributed by atoms with E-state index in [1.165, 1.54) is 26.4 Å². The van der Waals surface area contributed by atoms with E-state index in [1.807, 2.05) is 0 Å². The molecule has 138 valence electrons. The number of nitrogens with zero attached hydrogens (tertiary/aromatic N) is 1. The third-order valence-electron chi connectivity index (χ3n) is 3.73. The van der Waals surface area contributed by atoms with Gasteiger partial charge in [-0.15, -0.1) is 12.4 Å². The van der Waals surface area contributed by atoms with E-state index in [0.717, 1.165) is 6.54 Å². The number of ether oxygens (including phenoxy) is 2. The molecular weight excluding hydrogens is 332 g/mol. The Morgan fingerprint density at radius 2 is 1.62 bits per heavy atom. The maximum absolute atomic E-state index is 12.3. The van der Waals surface area contributed by atoms with Crippen LogP contribution >= 0.6 is 12.4 Å². The van der Waals surface area contributed by atoms with Crippen LogP contribution in [0.3, 0.4) is 0 Å². The highest BCUT2D eigenvalue weighted by molar-refractivity contribution is 5.97. The van der Waals surface area contributed by atoms with Gasteiger partial charge < -0.3 is 19.9 Å². The van der Waals surface area contributed by atoms with Crippen molar-refractivity contribution in [3.63, 3.8) is 0 Å². The van der Waals surface area contributed by atoms with Crippen molar-refractivity contribution >= 4 is 18.3 Å². The molecule has 0 radical (unpaired) electrons. The van der Waals surface area contributed by atoms with Crippen molar-refractivity contribution in [1.82, 2.24) is 10.2 Å². The number of hydrogen-bond donors (Lipinski definition) is 2. The molecular formula is C17H29ClN2O4. The Labute approximate surface area is 150 Å². The monoisotopic (exact) mass is 360 g/mol. The van der Waals surface area contributed by atoms with Crippen LogP contribution in [-0.2, 0) is 0 Å². The molecule has 0 heterocycles. The van der Waals surface area contributed by atoms with Crippen LogP contribution in [-0.4, -0.2) is 55.3 Å². The third kappa shape index (κ3) is 5.76. The largest absolute Gasteiger partial charge is 0.507 e. The highest BCUT2D eigenvalue weighted by Gasteiger charge is 2.17. The summed E-state index contributed by atoms with van der Waals surface area (Å²) in [6.45, 7) is 9.76. The first-order chi connectivity index (χ1) is 10.8. The molecule has 0 bridgehead atoms. The number of amides is 1. The summed E-state index contributed by atoms with van der Waals surface area (Å²) in [5.74, 6) is 0.314. The predicted molar refractivity (Wildman–Crippen MR) is 97.8 cm³/mol. The average Bonchev–Trinajstić information content (AvgIpc) is 2.49. The molecule has 0 fully saturated rings. The molecule has 0 unspecified atom stereocenters. The summed E-state index contributed by atoms with van der Waals surface area (Å²) in [5, 5.41) is 12.8. The topological polar surface area (TPSA) is 71.0 Å². The van der Waals surface area contributed by atoms with Gasteiger partial charge in [0.05, 0.1) is 19.8 Å². The quantitative estimate of drug-likeness (QED) is 0.745. The Bertz CT molecular complexity index is 528. The molecule has 0 saturated heterocycles. The zero-order chi connectivity index (χ0) is 17.6. The van der Waals surface area contributed by atoms with Crippen LogP contribution < -0.4 is 14.8 Å². The van der Waals surface area contributed by atoms with Crippen LogP contribution in [0.25, 0.3) is 0 Å². The normalized spacial score (nSPS) is 10.7. The summed E-state index contributed by atoms with van der Waals surface area (Å²) in [6.07, 6.45) is 0. The molecule has 0 atom stereocenters. The number of rotatable bonds is 8. The summed E-state index contributed by atoms with van der Waals surface area (Å²) < 4.78 is 10.3. The van der Waals surface area contributed by atoms with Gasteiger partial charge in [-0.3, -0.25) is 9.69 Å². The Hall–Kier alpha value is -1.66. The maximum atomic E-state index is 12.3. The van der Waals surface area contributed by atoms with Crippen molar-refractivity contribution < 1.29 is 19.4 Å². The third-order valence-corrected chi connectivity index (χ3v) is 3.73. The first-order valence-corrected chi connectivity index (χ1v) is 7.80. The van der Waals surface area contributed by atoms with E-state index in [2.05, 4.69) is 37.9 Å². The Morgan fingerprint density at radius 1 is 1.12 bits per heavy atom. The van der Waals surface area contributed by atoms with Crippen LogP contribution in [0.1, 0.15) is 38.1 Å². The van der Waals surface area contributed by atoms with Crippen LogP contribution in [0.2, 0.25) is 0 Å². The molecule has 0 aliphatic rings. The van der Waals surface area contributed by atoms with E-state index in [0.29, 0.717) is 30.1 Å². The maximum Gasteiger partial charge on any atom is 0.255 e. The molecule has 0 spiro atoms. The van der Waals surface area contributed by atoms with Gasteiger partial charge in [0.25, 0.3) is 5.91 Å². The van der Waals surface area contributed by atoms with Gasteiger partial charge in [0, 0.05) is 37.3 Å². The molecule has 1 aromatic carbocycles. The van der Waals surface area contributed by atoms with E-state index in [1.54, 1.807) is 0 Å². The summed E-state index contributed by atoms with van der Waals surface area (Å²) in [5.41, 5.74) is 0.170. The van der Waals surface area contributed by atoms with Crippen LogP contribution in [0.5, 0.6) is 17.2 Å². The molecule has 1 aromatic rings. The minimum absolute atomic E-state index is 0. The van der Waals surface area contributed by atoms with Crippen molar-refractivity contribution in [3.8, 4) is 17.2 Å². The number of hydrogen-bond acceptors (Lipinski definition) is 5. The number of phenols is 1. The van der Waals surface area contributed by atoms with Crippen LogP contribution in [0.4, 0.5) is 0 Å². The van der Waals surface area contributed by atoms with E-state index < -0.39 is 0 Å². The number of nitrogens with one attached hydrogen (secondary N) is 1. The van der Waals surface area contributed by atoms with Crippen molar-refractivity contribution in [2.75, 3.05) is 27.3 Å². The lowest BCUT2D eigenvalue weighted by Crippen LogP contribution is -2.42. The van der Waals surface area contributed by atoms with Gasteiger partial charge in [-0.2, -0.15) is 0 Å². The molecule has 0 aliphatic heterocycles. The zero-order valence-corrected chi connectivity index (χ0v) is 16.1. The Balaban J connectivity index is 0.00000529. The average molecular weight is 361 g/mol. The van der Waals surface area contributed by atoms with Crippen LogP contribution in [0, 0.1) is 0 Å².